The number of nitrogens with one attached hydrogen (secondary N) is 1. The van der Waals surface area contributed by atoms with Crippen molar-refractivity contribution in [2.45, 2.75) is 19.9 Å². The van der Waals surface area contributed by atoms with Crippen LogP contribution in [0.4, 0.5) is 5.69 Å². The first-order valence-corrected chi connectivity index (χ1v) is 10.2. The molecule has 1 atom stereocenters. The predicted octanol–water partition coefficient (Wildman–Crippen LogP) is 4.54. The van der Waals surface area contributed by atoms with Crippen LogP contribution < -0.4 is 10.2 Å². The zero-order valence-corrected chi connectivity index (χ0v) is 16.5. The van der Waals surface area contributed by atoms with Crippen LogP contribution in [-0.4, -0.2) is 32.2 Å². The van der Waals surface area contributed by atoms with Crippen molar-refractivity contribution >= 4 is 33.0 Å². The van der Waals surface area contributed by atoms with Crippen LogP contribution in [0.3, 0.4) is 0 Å². The Balaban J connectivity index is 1.57. The topological polar surface area (TPSA) is 41.6 Å². The van der Waals surface area contributed by atoms with Crippen LogP contribution in [-0.2, 0) is 4.74 Å². The molecule has 0 bridgehead atoms. The van der Waals surface area contributed by atoms with Crippen molar-refractivity contribution in [3.8, 4) is 0 Å². The largest absolute Gasteiger partial charge is 0.378 e. The summed E-state index contributed by atoms with van der Waals surface area (Å²) in [7, 11) is 0. The number of hydrogen-bond donors (Lipinski definition) is 1. The van der Waals surface area contributed by atoms with Crippen LogP contribution in [0.1, 0.15) is 33.8 Å². The van der Waals surface area contributed by atoms with Crippen molar-refractivity contribution in [1.82, 2.24) is 5.32 Å². The molecular formula is C22H24N2O2S. The van der Waals surface area contributed by atoms with Gasteiger partial charge in [-0.15, -0.1) is 11.3 Å². The molecule has 5 heteroatoms. The van der Waals surface area contributed by atoms with Gasteiger partial charge in [0, 0.05) is 23.5 Å². The second-order valence-corrected chi connectivity index (χ2v) is 7.96. The van der Waals surface area contributed by atoms with Gasteiger partial charge in [-0.3, -0.25) is 4.79 Å². The molecule has 0 spiro atoms. The molecule has 0 radical (unpaired) electrons. The number of para-hydroxylation sites is 1. The third-order valence-corrected chi connectivity index (χ3v) is 6.42. The Morgan fingerprint density at radius 2 is 1.81 bits per heavy atom. The van der Waals surface area contributed by atoms with E-state index >= 15 is 0 Å². The van der Waals surface area contributed by atoms with Gasteiger partial charge in [0.25, 0.3) is 5.91 Å². The molecule has 0 saturated carbocycles. The molecule has 1 amide bonds. The molecule has 2 heterocycles. The molecule has 4 nitrogen and oxygen atoms in total. The lowest BCUT2D eigenvalue weighted by Crippen LogP contribution is -2.37. The van der Waals surface area contributed by atoms with E-state index in [4.69, 9.17) is 4.74 Å². The van der Waals surface area contributed by atoms with E-state index in [-0.39, 0.29) is 11.9 Å². The minimum absolute atomic E-state index is 0.00187. The van der Waals surface area contributed by atoms with Crippen LogP contribution in [0.15, 0.2) is 48.5 Å². The summed E-state index contributed by atoms with van der Waals surface area (Å²) in [5.74, 6) is -0.00187. The highest BCUT2D eigenvalue weighted by Gasteiger charge is 2.21. The van der Waals surface area contributed by atoms with Crippen LogP contribution in [0.2, 0.25) is 0 Å². The van der Waals surface area contributed by atoms with Crippen LogP contribution in [0.5, 0.6) is 0 Å². The van der Waals surface area contributed by atoms with Crippen molar-refractivity contribution in [3.05, 3.63) is 64.5 Å². The normalized spacial score (nSPS) is 15.7. The first-order chi connectivity index (χ1) is 13.1. The summed E-state index contributed by atoms with van der Waals surface area (Å²) in [6.45, 7) is 7.34. The Bertz CT molecular complexity index is 960. The number of thiophene rings is 1. The number of carbonyl (C=O) groups is 1. The van der Waals surface area contributed by atoms with E-state index in [1.165, 1.54) is 5.69 Å². The first-order valence-electron chi connectivity index (χ1n) is 9.36. The summed E-state index contributed by atoms with van der Waals surface area (Å²) in [6, 6.07) is 16.4. The molecule has 4 rings (SSSR count). The highest BCUT2D eigenvalue weighted by atomic mass is 32.1. The van der Waals surface area contributed by atoms with Gasteiger partial charge in [0.05, 0.1) is 24.1 Å². The second kappa shape index (κ2) is 7.71. The summed E-state index contributed by atoms with van der Waals surface area (Å²) in [6.07, 6.45) is 0. The number of benzene rings is 2. The SMILES string of the molecule is Cc1c(C(=O)NC(C)c2ccccc2N2CCOCC2)sc2ccccc12. The number of amides is 1. The molecule has 1 aliphatic heterocycles. The average molecular weight is 381 g/mol. The maximum atomic E-state index is 13.0. The van der Waals surface area contributed by atoms with Gasteiger partial charge >= 0.3 is 0 Å². The molecule has 140 valence electrons. The third kappa shape index (κ3) is 3.57. The Morgan fingerprint density at radius 1 is 1.11 bits per heavy atom. The van der Waals surface area contributed by atoms with Gasteiger partial charge in [-0.25, -0.2) is 0 Å². The lowest BCUT2D eigenvalue weighted by Gasteiger charge is -2.32. The lowest BCUT2D eigenvalue weighted by molar-refractivity contribution is 0.0943. The molecule has 0 aliphatic carbocycles. The minimum atomic E-state index is -0.0684. The third-order valence-electron chi connectivity index (χ3n) is 5.15. The van der Waals surface area contributed by atoms with Crippen molar-refractivity contribution < 1.29 is 9.53 Å². The molecule has 1 unspecified atom stereocenters. The van der Waals surface area contributed by atoms with Gasteiger partial charge in [0.2, 0.25) is 0 Å². The van der Waals surface area contributed by atoms with E-state index < -0.39 is 0 Å². The summed E-state index contributed by atoms with van der Waals surface area (Å²) in [5.41, 5.74) is 3.38. The van der Waals surface area contributed by atoms with Crippen molar-refractivity contribution in [3.63, 3.8) is 0 Å². The van der Waals surface area contributed by atoms with E-state index in [9.17, 15) is 4.79 Å². The van der Waals surface area contributed by atoms with E-state index in [2.05, 4.69) is 47.5 Å². The van der Waals surface area contributed by atoms with Gasteiger partial charge in [0.15, 0.2) is 0 Å². The summed E-state index contributed by atoms with van der Waals surface area (Å²) >= 11 is 1.56. The fraction of sp³-hybridized carbons (Fsp3) is 0.318. The number of fused-ring (bicyclic) bond motifs is 1. The highest BCUT2D eigenvalue weighted by Crippen LogP contribution is 2.32. The fourth-order valence-corrected chi connectivity index (χ4v) is 4.79. The number of carbonyl (C=O) groups excluding carboxylic acids is 1. The van der Waals surface area contributed by atoms with E-state index in [0.29, 0.717) is 0 Å². The maximum absolute atomic E-state index is 13.0. The summed E-state index contributed by atoms with van der Waals surface area (Å²) < 4.78 is 6.63. The lowest BCUT2D eigenvalue weighted by atomic mass is 10.0. The van der Waals surface area contributed by atoms with Crippen molar-refractivity contribution in [2.24, 2.45) is 0 Å². The minimum Gasteiger partial charge on any atom is -0.378 e. The molecular weight excluding hydrogens is 356 g/mol. The summed E-state index contributed by atoms with van der Waals surface area (Å²) in [4.78, 5) is 16.1. The Kier molecular flexibility index (Phi) is 5.14. The summed E-state index contributed by atoms with van der Waals surface area (Å²) in [5, 5.41) is 4.37. The Hall–Kier alpha value is -2.37. The standard InChI is InChI=1S/C22H24N2O2S/c1-15-17-7-4-6-10-20(17)27-21(15)22(25)23-16(2)18-8-3-5-9-19(18)24-11-13-26-14-12-24/h3-10,16H,11-14H2,1-2H3,(H,23,25). The monoisotopic (exact) mass is 380 g/mol. The number of aryl methyl sites for hydroxylation is 1. The van der Waals surface area contributed by atoms with Gasteiger partial charge in [-0.1, -0.05) is 36.4 Å². The van der Waals surface area contributed by atoms with Crippen LogP contribution in [0, 0.1) is 6.92 Å². The van der Waals surface area contributed by atoms with Gasteiger partial charge in [0.1, 0.15) is 0 Å². The van der Waals surface area contributed by atoms with E-state index in [1.54, 1.807) is 11.3 Å². The van der Waals surface area contributed by atoms with Crippen LogP contribution >= 0.6 is 11.3 Å². The van der Waals surface area contributed by atoms with E-state index in [0.717, 1.165) is 52.4 Å². The molecule has 1 fully saturated rings. The molecule has 1 aromatic heterocycles. The second-order valence-electron chi connectivity index (χ2n) is 6.91. The number of nitrogens with zero attached hydrogens (tertiary/aromatic N) is 1. The number of morpholine rings is 1. The number of anilines is 1. The fourth-order valence-electron chi connectivity index (χ4n) is 3.68. The highest BCUT2D eigenvalue weighted by molar-refractivity contribution is 7.21. The zero-order chi connectivity index (χ0) is 18.8. The molecule has 1 N–H and O–H groups in total. The van der Waals surface area contributed by atoms with Gasteiger partial charge in [-0.2, -0.15) is 0 Å². The molecule has 1 aliphatic rings. The first kappa shape index (κ1) is 18.0. The molecule has 2 aromatic carbocycles. The zero-order valence-electron chi connectivity index (χ0n) is 15.7. The maximum Gasteiger partial charge on any atom is 0.262 e. The molecule has 27 heavy (non-hydrogen) atoms. The Labute approximate surface area is 163 Å². The quantitative estimate of drug-likeness (QED) is 0.723. The smallest absolute Gasteiger partial charge is 0.262 e. The number of rotatable bonds is 4. The predicted molar refractivity (Wildman–Crippen MR) is 112 cm³/mol. The van der Waals surface area contributed by atoms with Crippen molar-refractivity contribution in [2.75, 3.05) is 31.2 Å². The van der Waals surface area contributed by atoms with E-state index in [1.807, 2.05) is 25.1 Å². The number of hydrogen-bond acceptors (Lipinski definition) is 4. The molecule has 3 aromatic rings. The van der Waals surface area contributed by atoms with Crippen LogP contribution in [0.25, 0.3) is 10.1 Å². The Morgan fingerprint density at radius 3 is 2.59 bits per heavy atom. The van der Waals surface area contributed by atoms with Gasteiger partial charge in [-0.05, 0) is 42.5 Å². The molecule has 1 saturated heterocycles. The average Bonchev–Trinajstić information content (AvgIpc) is 3.06. The van der Waals surface area contributed by atoms with Gasteiger partial charge < -0.3 is 15.0 Å². The number of ether oxygens (including phenoxy) is 1. The van der Waals surface area contributed by atoms with Crippen molar-refractivity contribution in [1.29, 1.82) is 0 Å².